The van der Waals surface area contributed by atoms with E-state index in [4.69, 9.17) is 14.6 Å². The van der Waals surface area contributed by atoms with Crippen LogP contribution in [0.1, 0.15) is 28.5 Å². The first-order chi connectivity index (χ1) is 11.0. The molecule has 0 radical (unpaired) electrons. The maximum Gasteiger partial charge on any atom is 0.305 e. The van der Waals surface area contributed by atoms with Gasteiger partial charge in [-0.3, -0.25) is 9.59 Å². The van der Waals surface area contributed by atoms with Crippen molar-refractivity contribution in [3.8, 4) is 11.5 Å². The van der Waals surface area contributed by atoms with Gasteiger partial charge in [-0.1, -0.05) is 0 Å². The number of carboxylic acids is 1. The van der Waals surface area contributed by atoms with E-state index >= 15 is 0 Å². The fraction of sp³-hybridized carbons (Fsp3) is 0.267. The van der Waals surface area contributed by atoms with Crippen molar-refractivity contribution in [2.75, 3.05) is 14.2 Å². The second-order valence-electron chi connectivity index (χ2n) is 4.61. The summed E-state index contributed by atoms with van der Waals surface area (Å²) in [5.41, 5.74) is 2.34. The van der Waals surface area contributed by atoms with Crippen LogP contribution >= 0.6 is 11.3 Å². The first-order valence-electron chi connectivity index (χ1n) is 6.68. The Morgan fingerprint density at radius 1 is 1.35 bits per heavy atom. The van der Waals surface area contributed by atoms with E-state index < -0.39 is 17.9 Å². The number of aliphatic carboxylic acids is 1. The molecule has 1 heterocycles. The number of methoxy groups -OCH3 is 2. The molecule has 0 aliphatic rings. The number of carbonyl (C=O) groups is 2. The molecule has 0 aliphatic heterocycles. The molecule has 1 atom stereocenters. The van der Waals surface area contributed by atoms with E-state index in [1.807, 2.05) is 0 Å². The summed E-state index contributed by atoms with van der Waals surface area (Å²) in [6, 6.07) is 4.25. The number of ether oxygens (including phenoxy) is 2. The molecule has 1 aromatic carbocycles. The van der Waals surface area contributed by atoms with E-state index in [2.05, 4.69) is 10.3 Å². The molecule has 1 unspecified atom stereocenters. The van der Waals surface area contributed by atoms with Crippen molar-refractivity contribution in [1.82, 2.24) is 10.3 Å². The van der Waals surface area contributed by atoms with Gasteiger partial charge >= 0.3 is 5.97 Å². The van der Waals surface area contributed by atoms with E-state index in [1.165, 1.54) is 31.1 Å². The van der Waals surface area contributed by atoms with Gasteiger partial charge in [0.15, 0.2) is 0 Å². The molecule has 1 aromatic heterocycles. The number of rotatable bonds is 7. The average Bonchev–Trinajstić information content (AvgIpc) is 3.07. The number of aromatic nitrogens is 1. The van der Waals surface area contributed by atoms with Crippen LogP contribution in [0, 0.1) is 0 Å². The summed E-state index contributed by atoms with van der Waals surface area (Å²) in [6.07, 6.45) is -0.279. The fourth-order valence-electron chi connectivity index (χ4n) is 2.08. The van der Waals surface area contributed by atoms with Crippen LogP contribution in [-0.4, -0.2) is 36.2 Å². The van der Waals surface area contributed by atoms with Gasteiger partial charge in [0.2, 0.25) is 0 Å². The van der Waals surface area contributed by atoms with Gasteiger partial charge in [-0.2, -0.15) is 0 Å². The highest BCUT2D eigenvalue weighted by molar-refractivity contribution is 7.07. The largest absolute Gasteiger partial charge is 0.497 e. The molecule has 2 rings (SSSR count). The van der Waals surface area contributed by atoms with Crippen LogP contribution in [0.2, 0.25) is 0 Å². The van der Waals surface area contributed by atoms with Crippen molar-refractivity contribution in [2.45, 2.75) is 12.5 Å². The lowest BCUT2D eigenvalue weighted by Gasteiger charge is -2.20. The number of nitrogens with one attached hydrogen (secondary N) is 1. The SMILES string of the molecule is COc1ccc(C(CC(=O)O)NC(=O)c2cscn2)c(OC)c1. The molecule has 0 saturated heterocycles. The minimum atomic E-state index is -1.04. The number of carboxylic acid groups (broad SMARTS) is 1. The molecule has 8 heteroatoms. The molecular weight excluding hydrogens is 320 g/mol. The summed E-state index contributed by atoms with van der Waals surface area (Å²) >= 11 is 1.29. The normalized spacial score (nSPS) is 11.6. The minimum absolute atomic E-state index is 0.248. The molecular formula is C15H16N2O5S. The average molecular weight is 336 g/mol. The second-order valence-corrected chi connectivity index (χ2v) is 5.32. The molecule has 2 aromatic rings. The Morgan fingerprint density at radius 2 is 2.13 bits per heavy atom. The highest BCUT2D eigenvalue weighted by Crippen LogP contribution is 2.31. The predicted molar refractivity (Wildman–Crippen MR) is 84.1 cm³/mol. The Bertz CT molecular complexity index is 687. The molecule has 7 nitrogen and oxygen atoms in total. The van der Waals surface area contributed by atoms with Gasteiger partial charge in [0, 0.05) is 17.0 Å². The molecule has 1 amide bonds. The van der Waals surface area contributed by atoms with E-state index in [0.29, 0.717) is 17.1 Å². The zero-order valence-electron chi connectivity index (χ0n) is 12.6. The van der Waals surface area contributed by atoms with Gasteiger partial charge in [-0.15, -0.1) is 11.3 Å². The molecule has 0 bridgehead atoms. The number of benzene rings is 1. The lowest BCUT2D eigenvalue weighted by Crippen LogP contribution is -2.30. The lowest BCUT2D eigenvalue weighted by atomic mass is 10.0. The smallest absolute Gasteiger partial charge is 0.305 e. The maximum absolute atomic E-state index is 12.2. The second kappa shape index (κ2) is 7.59. The summed E-state index contributed by atoms with van der Waals surface area (Å²) in [4.78, 5) is 27.2. The van der Waals surface area contributed by atoms with Crippen molar-refractivity contribution in [3.63, 3.8) is 0 Å². The van der Waals surface area contributed by atoms with Crippen LogP contribution in [0.25, 0.3) is 0 Å². The Kier molecular flexibility index (Phi) is 5.53. The number of thiazole rings is 1. The third-order valence-corrected chi connectivity index (χ3v) is 3.75. The molecule has 122 valence electrons. The maximum atomic E-state index is 12.2. The van der Waals surface area contributed by atoms with Crippen LogP contribution in [-0.2, 0) is 4.79 Å². The van der Waals surface area contributed by atoms with Gasteiger partial charge in [0.05, 0.1) is 32.2 Å². The first-order valence-corrected chi connectivity index (χ1v) is 7.62. The van der Waals surface area contributed by atoms with Crippen molar-refractivity contribution < 1.29 is 24.2 Å². The van der Waals surface area contributed by atoms with Crippen molar-refractivity contribution in [1.29, 1.82) is 0 Å². The van der Waals surface area contributed by atoms with Crippen LogP contribution in [0.15, 0.2) is 29.1 Å². The summed E-state index contributed by atoms with van der Waals surface area (Å²) in [5.74, 6) is -0.457. The van der Waals surface area contributed by atoms with Gasteiger partial charge in [-0.25, -0.2) is 4.98 Å². The molecule has 0 spiro atoms. The first kappa shape index (κ1) is 16.8. The van der Waals surface area contributed by atoms with Crippen molar-refractivity contribution >= 4 is 23.2 Å². The van der Waals surface area contributed by atoms with Crippen LogP contribution in [0.3, 0.4) is 0 Å². The van der Waals surface area contributed by atoms with Crippen LogP contribution < -0.4 is 14.8 Å². The van der Waals surface area contributed by atoms with Crippen LogP contribution in [0.5, 0.6) is 11.5 Å². The van der Waals surface area contributed by atoms with Gasteiger partial charge < -0.3 is 19.9 Å². The van der Waals surface area contributed by atoms with Gasteiger partial charge in [0.1, 0.15) is 17.2 Å². The number of hydrogen-bond donors (Lipinski definition) is 2. The zero-order valence-corrected chi connectivity index (χ0v) is 13.4. The molecule has 0 saturated carbocycles. The zero-order chi connectivity index (χ0) is 16.8. The van der Waals surface area contributed by atoms with Crippen LogP contribution in [0.4, 0.5) is 0 Å². The number of nitrogens with zero attached hydrogens (tertiary/aromatic N) is 1. The van der Waals surface area contributed by atoms with E-state index in [0.717, 1.165) is 0 Å². The molecule has 0 aliphatic carbocycles. The number of amides is 1. The lowest BCUT2D eigenvalue weighted by molar-refractivity contribution is -0.137. The number of hydrogen-bond acceptors (Lipinski definition) is 6. The molecule has 2 N–H and O–H groups in total. The third-order valence-electron chi connectivity index (χ3n) is 3.17. The fourth-order valence-corrected chi connectivity index (χ4v) is 2.61. The van der Waals surface area contributed by atoms with Gasteiger partial charge in [-0.05, 0) is 12.1 Å². The Hall–Kier alpha value is -2.61. The molecule has 23 heavy (non-hydrogen) atoms. The van der Waals surface area contributed by atoms with E-state index in [-0.39, 0.29) is 12.1 Å². The topological polar surface area (TPSA) is 97.8 Å². The Labute approximate surface area is 136 Å². The summed E-state index contributed by atoms with van der Waals surface area (Å²) in [6.45, 7) is 0. The standard InChI is InChI=1S/C15H16N2O5S/c1-21-9-3-4-10(13(5-9)22-2)11(6-14(18)19)17-15(20)12-7-23-8-16-12/h3-5,7-8,11H,6H2,1-2H3,(H,17,20)(H,18,19). The monoisotopic (exact) mass is 336 g/mol. The highest BCUT2D eigenvalue weighted by Gasteiger charge is 2.23. The quantitative estimate of drug-likeness (QED) is 0.803. The van der Waals surface area contributed by atoms with Gasteiger partial charge in [0.25, 0.3) is 5.91 Å². The minimum Gasteiger partial charge on any atom is -0.497 e. The summed E-state index contributed by atoms with van der Waals surface area (Å²) in [5, 5.41) is 13.4. The van der Waals surface area contributed by atoms with Crippen molar-refractivity contribution in [2.24, 2.45) is 0 Å². The summed E-state index contributed by atoms with van der Waals surface area (Å²) in [7, 11) is 2.99. The molecule has 0 fully saturated rings. The predicted octanol–water partition coefficient (Wildman–Crippen LogP) is 2.11. The van der Waals surface area contributed by atoms with E-state index in [9.17, 15) is 9.59 Å². The number of carbonyl (C=O) groups excluding carboxylic acids is 1. The summed E-state index contributed by atoms with van der Waals surface area (Å²) < 4.78 is 10.4. The Balaban J connectivity index is 2.31. The Morgan fingerprint density at radius 3 is 2.70 bits per heavy atom. The van der Waals surface area contributed by atoms with E-state index in [1.54, 1.807) is 23.6 Å². The third kappa shape index (κ3) is 4.19. The van der Waals surface area contributed by atoms with Crippen molar-refractivity contribution in [3.05, 3.63) is 40.3 Å². The highest BCUT2D eigenvalue weighted by atomic mass is 32.1.